The van der Waals surface area contributed by atoms with E-state index in [-0.39, 0.29) is 11.7 Å². The Morgan fingerprint density at radius 3 is 2.69 bits per heavy atom. The van der Waals surface area contributed by atoms with Crippen LogP contribution in [0.1, 0.15) is 55.6 Å². The molecule has 0 saturated carbocycles. The molecule has 4 rings (SSSR count). The molecule has 0 aliphatic carbocycles. The Bertz CT molecular complexity index is 762. The third-order valence-electron chi connectivity index (χ3n) is 5.92. The van der Waals surface area contributed by atoms with Gasteiger partial charge in [0.2, 0.25) is 5.91 Å². The number of carbonyl (C=O) groups is 1. The summed E-state index contributed by atoms with van der Waals surface area (Å²) in [4.78, 5) is 18.8. The lowest BCUT2D eigenvalue weighted by molar-refractivity contribution is -0.136. The van der Waals surface area contributed by atoms with Gasteiger partial charge < -0.3 is 4.90 Å². The van der Waals surface area contributed by atoms with E-state index in [4.69, 9.17) is 0 Å². The fourth-order valence-corrected chi connectivity index (χ4v) is 4.65. The van der Waals surface area contributed by atoms with Gasteiger partial charge in [0.1, 0.15) is 18.5 Å². The molecule has 2 saturated heterocycles. The van der Waals surface area contributed by atoms with Crippen molar-refractivity contribution in [2.45, 2.75) is 70.0 Å². The smallest absolute Gasteiger partial charge is 0.223 e. The van der Waals surface area contributed by atoms with Crippen molar-refractivity contribution in [3.8, 4) is 0 Å². The van der Waals surface area contributed by atoms with E-state index in [9.17, 15) is 9.18 Å². The standard InChI is InChI=1S/C20H25FN4O/c1-14-9-15(4-7-19(14)21)16-10-17-5-6-18(11-16)25(17)20(26)3-2-8-24-13-22-12-23-24/h4,7,9,12-13,16-18H,2-3,5-6,8,10-11H2,1H3/t16?,17-,18+. The number of rotatable bonds is 5. The summed E-state index contributed by atoms with van der Waals surface area (Å²) >= 11 is 0. The van der Waals surface area contributed by atoms with Crippen LogP contribution in [0, 0.1) is 12.7 Å². The summed E-state index contributed by atoms with van der Waals surface area (Å²) in [6.07, 6.45) is 8.74. The zero-order valence-electron chi connectivity index (χ0n) is 15.1. The molecule has 0 N–H and O–H groups in total. The van der Waals surface area contributed by atoms with Gasteiger partial charge >= 0.3 is 0 Å². The normalized spacial score (nSPS) is 24.8. The number of amides is 1. The highest BCUT2D eigenvalue weighted by molar-refractivity contribution is 5.77. The first-order chi connectivity index (χ1) is 12.6. The molecule has 6 heteroatoms. The van der Waals surface area contributed by atoms with Crippen molar-refractivity contribution >= 4 is 5.91 Å². The molecular formula is C20H25FN4O. The molecule has 1 amide bonds. The molecule has 2 aliphatic heterocycles. The molecule has 0 radical (unpaired) electrons. The van der Waals surface area contributed by atoms with Crippen molar-refractivity contribution in [1.82, 2.24) is 19.7 Å². The second-order valence-electron chi connectivity index (χ2n) is 7.63. The molecule has 1 aromatic carbocycles. The van der Waals surface area contributed by atoms with Gasteiger partial charge in [-0.1, -0.05) is 12.1 Å². The third-order valence-corrected chi connectivity index (χ3v) is 5.92. The third kappa shape index (κ3) is 3.37. The molecule has 2 aromatic rings. The Morgan fingerprint density at radius 1 is 1.27 bits per heavy atom. The van der Waals surface area contributed by atoms with E-state index < -0.39 is 0 Å². The van der Waals surface area contributed by atoms with Crippen LogP contribution in [0.15, 0.2) is 30.9 Å². The zero-order chi connectivity index (χ0) is 18.1. The van der Waals surface area contributed by atoms with Crippen molar-refractivity contribution < 1.29 is 9.18 Å². The molecule has 5 nitrogen and oxygen atoms in total. The molecule has 26 heavy (non-hydrogen) atoms. The summed E-state index contributed by atoms with van der Waals surface area (Å²) in [6, 6.07) is 6.15. The van der Waals surface area contributed by atoms with E-state index in [1.165, 1.54) is 11.9 Å². The molecule has 2 fully saturated rings. The fraction of sp³-hybridized carbons (Fsp3) is 0.550. The summed E-state index contributed by atoms with van der Waals surface area (Å²) in [5.74, 6) is 0.564. The first kappa shape index (κ1) is 17.2. The highest BCUT2D eigenvalue weighted by Crippen LogP contribution is 2.43. The summed E-state index contributed by atoms with van der Waals surface area (Å²) in [7, 11) is 0. The fourth-order valence-electron chi connectivity index (χ4n) is 4.65. The lowest BCUT2D eigenvalue weighted by Crippen LogP contribution is -2.46. The van der Waals surface area contributed by atoms with E-state index in [2.05, 4.69) is 15.0 Å². The number of carbonyl (C=O) groups excluding carboxylic acids is 1. The van der Waals surface area contributed by atoms with Crippen LogP contribution in [0.2, 0.25) is 0 Å². The molecule has 1 unspecified atom stereocenters. The lowest BCUT2D eigenvalue weighted by Gasteiger charge is -2.39. The van der Waals surface area contributed by atoms with Gasteiger partial charge in [-0.15, -0.1) is 0 Å². The Morgan fingerprint density at radius 2 is 2.04 bits per heavy atom. The van der Waals surface area contributed by atoms with Crippen LogP contribution in [0.5, 0.6) is 0 Å². The molecule has 0 spiro atoms. The van der Waals surface area contributed by atoms with Gasteiger partial charge in [0, 0.05) is 25.0 Å². The van der Waals surface area contributed by atoms with Crippen LogP contribution in [-0.2, 0) is 11.3 Å². The summed E-state index contributed by atoms with van der Waals surface area (Å²) < 4.78 is 15.3. The molecule has 3 heterocycles. The predicted molar refractivity (Wildman–Crippen MR) is 96.0 cm³/mol. The number of benzene rings is 1. The van der Waals surface area contributed by atoms with Crippen LogP contribution in [0.4, 0.5) is 4.39 Å². The topological polar surface area (TPSA) is 51.0 Å². The van der Waals surface area contributed by atoms with Crippen molar-refractivity contribution in [2.75, 3.05) is 0 Å². The van der Waals surface area contributed by atoms with E-state index >= 15 is 0 Å². The predicted octanol–water partition coefficient (Wildman–Crippen LogP) is 3.44. The van der Waals surface area contributed by atoms with Gasteiger partial charge in [0.25, 0.3) is 0 Å². The van der Waals surface area contributed by atoms with E-state index in [1.54, 1.807) is 17.1 Å². The number of hydrogen-bond donors (Lipinski definition) is 0. The van der Waals surface area contributed by atoms with Gasteiger partial charge in [-0.2, -0.15) is 5.10 Å². The SMILES string of the molecule is Cc1cc(C2C[C@H]3CC[C@@H](C2)N3C(=O)CCCn2cncn2)ccc1F. The Kier molecular flexibility index (Phi) is 4.74. The molecule has 138 valence electrons. The largest absolute Gasteiger partial charge is 0.337 e. The maximum atomic E-state index is 13.6. The Hall–Kier alpha value is -2.24. The second-order valence-corrected chi connectivity index (χ2v) is 7.63. The Balaban J connectivity index is 1.37. The summed E-state index contributed by atoms with van der Waals surface area (Å²) in [5.41, 5.74) is 1.93. The number of aromatic nitrogens is 3. The van der Waals surface area contributed by atoms with Crippen molar-refractivity contribution in [3.05, 3.63) is 47.8 Å². The average molecular weight is 356 g/mol. The number of nitrogens with zero attached hydrogens (tertiary/aromatic N) is 4. The number of hydrogen-bond acceptors (Lipinski definition) is 3. The average Bonchev–Trinajstić information content (AvgIpc) is 3.23. The van der Waals surface area contributed by atoms with E-state index in [1.807, 2.05) is 19.1 Å². The molecular weight excluding hydrogens is 331 g/mol. The maximum absolute atomic E-state index is 13.6. The van der Waals surface area contributed by atoms with E-state index in [0.29, 0.717) is 30.0 Å². The highest BCUT2D eigenvalue weighted by Gasteiger charge is 2.43. The number of aryl methyl sites for hydroxylation is 2. The molecule has 3 atom stereocenters. The zero-order valence-corrected chi connectivity index (χ0v) is 15.1. The number of fused-ring (bicyclic) bond motifs is 2. The quantitative estimate of drug-likeness (QED) is 0.825. The van der Waals surface area contributed by atoms with Crippen molar-refractivity contribution in [3.63, 3.8) is 0 Å². The van der Waals surface area contributed by atoms with Crippen LogP contribution < -0.4 is 0 Å². The number of halogens is 1. The minimum absolute atomic E-state index is 0.142. The minimum atomic E-state index is -0.142. The van der Waals surface area contributed by atoms with Gasteiger partial charge in [-0.05, 0) is 62.1 Å². The Labute approximate surface area is 153 Å². The highest BCUT2D eigenvalue weighted by atomic mass is 19.1. The van der Waals surface area contributed by atoms with Crippen LogP contribution >= 0.6 is 0 Å². The van der Waals surface area contributed by atoms with Crippen LogP contribution in [0.3, 0.4) is 0 Å². The van der Waals surface area contributed by atoms with Crippen LogP contribution in [-0.4, -0.2) is 37.7 Å². The molecule has 2 bridgehead atoms. The van der Waals surface area contributed by atoms with Gasteiger partial charge in [-0.25, -0.2) is 9.37 Å². The first-order valence-electron chi connectivity index (χ1n) is 9.51. The number of piperidine rings is 1. The monoisotopic (exact) mass is 356 g/mol. The lowest BCUT2D eigenvalue weighted by atomic mass is 9.84. The molecule has 2 aliphatic rings. The second kappa shape index (κ2) is 7.17. The van der Waals surface area contributed by atoms with Gasteiger partial charge in [0.15, 0.2) is 0 Å². The first-order valence-corrected chi connectivity index (χ1v) is 9.51. The van der Waals surface area contributed by atoms with Crippen LogP contribution in [0.25, 0.3) is 0 Å². The molecule has 1 aromatic heterocycles. The maximum Gasteiger partial charge on any atom is 0.223 e. The minimum Gasteiger partial charge on any atom is -0.337 e. The van der Waals surface area contributed by atoms with E-state index in [0.717, 1.165) is 38.6 Å². The van der Waals surface area contributed by atoms with Crippen molar-refractivity contribution in [2.24, 2.45) is 0 Å². The van der Waals surface area contributed by atoms with Gasteiger partial charge in [-0.3, -0.25) is 9.48 Å². The van der Waals surface area contributed by atoms with Gasteiger partial charge in [0.05, 0.1) is 0 Å². The van der Waals surface area contributed by atoms with Crippen molar-refractivity contribution in [1.29, 1.82) is 0 Å². The summed E-state index contributed by atoms with van der Waals surface area (Å²) in [6.45, 7) is 2.55. The summed E-state index contributed by atoms with van der Waals surface area (Å²) in [5, 5.41) is 4.08.